The quantitative estimate of drug-likeness (QED) is 0.120. The van der Waals surface area contributed by atoms with Gasteiger partial charge in [-0.2, -0.15) is 0 Å². The summed E-state index contributed by atoms with van der Waals surface area (Å²) in [6, 6.07) is 46.7. The van der Waals surface area contributed by atoms with Crippen LogP contribution in [0.1, 0.15) is 50.9 Å². The summed E-state index contributed by atoms with van der Waals surface area (Å²) in [5, 5.41) is 5.07. The van der Waals surface area contributed by atoms with Crippen molar-refractivity contribution in [2.75, 3.05) is 9.80 Å². The Kier molecular flexibility index (Phi) is 7.09. The van der Waals surface area contributed by atoms with E-state index in [2.05, 4.69) is 151 Å². The molecule has 2 aliphatic heterocycles. The summed E-state index contributed by atoms with van der Waals surface area (Å²) in [5.41, 5.74) is 15.8. The molecule has 8 aromatic rings. The van der Waals surface area contributed by atoms with Crippen LogP contribution in [0.4, 0.5) is 34.1 Å². The predicted octanol–water partition coefficient (Wildman–Crippen LogP) is 10.1. The third-order valence-electron chi connectivity index (χ3n) is 11.1. The monoisotopic (exact) mass is 658 g/mol. The average Bonchev–Trinajstić information content (AvgIpc) is 3.19. The summed E-state index contributed by atoms with van der Waals surface area (Å²) in [6.07, 6.45) is 6.24. The zero-order valence-corrected chi connectivity index (χ0v) is 29.2. The van der Waals surface area contributed by atoms with Crippen molar-refractivity contribution < 1.29 is 0 Å². The summed E-state index contributed by atoms with van der Waals surface area (Å²) in [6.45, 7) is 4.62. The van der Waals surface area contributed by atoms with Gasteiger partial charge in [0.2, 0.25) is 0 Å². The maximum Gasteiger partial charge on any atom is 0.252 e. The number of para-hydroxylation sites is 4. The molecule has 0 bridgehead atoms. The lowest BCUT2D eigenvalue weighted by atomic mass is 9.33. The molecule has 2 aromatic heterocycles. The van der Waals surface area contributed by atoms with E-state index in [1.165, 1.54) is 72.1 Å². The third kappa shape index (κ3) is 4.40. The molecule has 10 rings (SSSR count). The number of fused-ring (bicyclic) bond motifs is 6. The molecule has 0 amide bonds. The lowest BCUT2D eigenvalue weighted by molar-refractivity contribution is 0.783. The van der Waals surface area contributed by atoms with Crippen LogP contribution in [0.25, 0.3) is 32.6 Å². The first-order chi connectivity index (χ1) is 25.3. The predicted molar refractivity (Wildman–Crippen MR) is 217 cm³/mol. The Labute approximate surface area is 299 Å². The van der Waals surface area contributed by atoms with Gasteiger partial charge in [-0.25, -0.2) is 0 Å². The van der Waals surface area contributed by atoms with Crippen molar-refractivity contribution in [3.05, 3.63) is 139 Å². The van der Waals surface area contributed by atoms with E-state index in [0.717, 1.165) is 60.9 Å². The lowest BCUT2D eigenvalue weighted by Gasteiger charge is -2.45. The molecule has 4 heterocycles. The second-order valence-electron chi connectivity index (χ2n) is 14.1. The number of aryl methyl sites for hydroxylation is 2. The normalized spacial score (nSPS) is 13.3. The van der Waals surface area contributed by atoms with Crippen LogP contribution >= 0.6 is 0 Å². The largest absolute Gasteiger partial charge is 0.311 e. The highest BCUT2D eigenvalue weighted by molar-refractivity contribution is 7.01. The van der Waals surface area contributed by atoms with E-state index in [4.69, 9.17) is 9.97 Å². The highest BCUT2D eigenvalue weighted by atomic mass is 15.2. The number of nitrogens with zero attached hydrogens (tertiary/aromatic N) is 4. The van der Waals surface area contributed by atoms with Gasteiger partial charge < -0.3 is 9.80 Å². The molecule has 0 saturated carbocycles. The van der Waals surface area contributed by atoms with Gasteiger partial charge in [0.15, 0.2) is 0 Å². The van der Waals surface area contributed by atoms with Crippen LogP contribution in [0.3, 0.4) is 0 Å². The molecule has 0 atom stereocenters. The molecule has 0 fully saturated rings. The Morgan fingerprint density at radius 1 is 0.471 bits per heavy atom. The molecule has 0 saturated heterocycles. The van der Waals surface area contributed by atoms with Crippen molar-refractivity contribution in [1.82, 2.24) is 9.97 Å². The number of rotatable bonds is 8. The van der Waals surface area contributed by atoms with E-state index in [0.29, 0.717) is 0 Å². The molecule has 51 heavy (non-hydrogen) atoms. The number of hydrogen-bond acceptors (Lipinski definition) is 4. The van der Waals surface area contributed by atoms with Crippen molar-refractivity contribution >= 4 is 89.8 Å². The fourth-order valence-corrected chi connectivity index (χ4v) is 9.00. The van der Waals surface area contributed by atoms with Crippen molar-refractivity contribution in [1.29, 1.82) is 0 Å². The van der Waals surface area contributed by atoms with E-state index in [-0.39, 0.29) is 6.71 Å². The Bertz CT molecular complexity index is 2410. The molecule has 2 aliphatic rings. The van der Waals surface area contributed by atoms with Gasteiger partial charge in [0.1, 0.15) is 0 Å². The van der Waals surface area contributed by atoms with Gasteiger partial charge in [-0.05, 0) is 90.6 Å². The van der Waals surface area contributed by atoms with E-state index >= 15 is 0 Å². The third-order valence-corrected chi connectivity index (χ3v) is 11.1. The second-order valence-corrected chi connectivity index (χ2v) is 14.1. The zero-order chi connectivity index (χ0) is 34.1. The number of aromatic nitrogens is 2. The van der Waals surface area contributed by atoms with E-state index in [1.807, 2.05) is 0 Å². The van der Waals surface area contributed by atoms with Crippen LogP contribution in [0.2, 0.25) is 0 Å². The molecule has 246 valence electrons. The first-order valence-electron chi connectivity index (χ1n) is 18.7. The maximum absolute atomic E-state index is 5.57. The average molecular weight is 659 g/mol. The van der Waals surface area contributed by atoms with Crippen LogP contribution in [0.5, 0.6) is 0 Å². The molecule has 0 spiro atoms. The van der Waals surface area contributed by atoms with E-state index in [9.17, 15) is 0 Å². The van der Waals surface area contributed by atoms with Gasteiger partial charge in [-0.3, -0.25) is 9.97 Å². The second kappa shape index (κ2) is 12.0. The number of unbranched alkanes of at least 4 members (excludes halogenated alkanes) is 2. The maximum atomic E-state index is 5.57. The summed E-state index contributed by atoms with van der Waals surface area (Å²) >= 11 is 0. The molecular weight excluding hydrogens is 619 g/mol. The van der Waals surface area contributed by atoms with Crippen LogP contribution in [0, 0.1) is 0 Å². The fourth-order valence-electron chi connectivity index (χ4n) is 9.00. The summed E-state index contributed by atoms with van der Waals surface area (Å²) in [4.78, 5) is 16.3. The van der Waals surface area contributed by atoms with Crippen molar-refractivity contribution in [3.8, 4) is 0 Å². The Hall–Kier alpha value is -5.68. The van der Waals surface area contributed by atoms with Gasteiger partial charge in [0.25, 0.3) is 6.71 Å². The lowest BCUT2D eigenvalue weighted by Crippen LogP contribution is -2.61. The SMILES string of the molecule is CCCCc1nc2cccc3nc(CCCC)c4c5c6c(c1c4c23)N(c1ccccc1)c1ccccc1B6c1ccccc1N5c1ccccc1. The minimum atomic E-state index is 0.0438. The van der Waals surface area contributed by atoms with E-state index in [1.54, 1.807) is 0 Å². The topological polar surface area (TPSA) is 32.3 Å². The van der Waals surface area contributed by atoms with Crippen LogP contribution in [-0.4, -0.2) is 16.7 Å². The number of hydrogen-bond donors (Lipinski definition) is 0. The summed E-state index contributed by atoms with van der Waals surface area (Å²) in [5.74, 6) is 0. The van der Waals surface area contributed by atoms with Gasteiger partial charge >= 0.3 is 0 Å². The molecule has 0 N–H and O–H groups in total. The van der Waals surface area contributed by atoms with Crippen molar-refractivity contribution in [2.45, 2.75) is 52.4 Å². The van der Waals surface area contributed by atoms with Gasteiger partial charge in [0.05, 0.1) is 33.8 Å². The minimum absolute atomic E-state index is 0.0438. The molecular formula is C46H39BN4. The van der Waals surface area contributed by atoms with Crippen LogP contribution < -0.4 is 26.2 Å². The van der Waals surface area contributed by atoms with Crippen molar-refractivity contribution in [3.63, 3.8) is 0 Å². The zero-order valence-electron chi connectivity index (χ0n) is 29.2. The molecule has 0 unspecified atom stereocenters. The highest BCUT2D eigenvalue weighted by Gasteiger charge is 2.46. The molecule has 4 nitrogen and oxygen atoms in total. The van der Waals surface area contributed by atoms with E-state index < -0.39 is 0 Å². The smallest absolute Gasteiger partial charge is 0.252 e. The Morgan fingerprint density at radius 3 is 1.39 bits per heavy atom. The van der Waals surface area contributed by atoms with Crippen molar-refractivity contribution in [2.24, 2.45) is 0 Å². The number of benzene rings is 6. The molecule has 0 aliphatic carbocycles. The Morgan fingerprint density at radius 2 is 0.922 bits per heavy atom. The standard InChI is InChI=1S/C46H39BN4/c1-3-5-24-36-41-43-40-34(48-36)26-17-27-35(40)49-37(25-6-4-2)42(43)46-44-45(41)50(30-18-9-7-10-19-30)38-28-15-13-22-32(38)47(44)33-23-14-16-29-39(33)51(46)31-20-11-8-12-21-31/h7-23,26-29H,3-6,24-25H2,1-2H3. The summed E-state index contributed by atoms with van der Waals surface area (Å²) in [7, 11) is 0. The highest BCUT2D eigenvalue weighted by Crippen LogP contribution is 2.52. The van der Waals surface area contributed by atoms with Gasteiger partial charge in [0, 0.05) is 44.3 Å². The summed E-state index contributed by atoms with van der Waals surface area (Å²) < 4.78 is 0. The Balaban J connectivity index is 1.50. The molecule has 0 radical (unpaired) electrons. The fraction of sp³-hybridized carbons (Fsp3) is 0.174. The number of anilines is 6. The first kappa shape index (κ1) is 30.2. The van der Waals surface area contributed by atoms with Crippen LogP contribution in [0.15, 0.2) is 127 Å². The number of pyridine rings is 2. The molecule has 6 aromatic carbocycles. The van der Waals surface area contributed by atoms with Gasteiger partial charge in [-0.1, -0.05) is 106 Å². The van der Waals surface area contributed by atoms with Gasteiger partial charge in [-0.15, -0.1) is 0 Å². The first-order valence-corrected chi connectivity index (χ1v) is 18.7. The van der Waals surface area contributed by atoms with Crippen LogP contribution in [-0.2, 0) is 12.8 Å². The minimum Gasteiger partial charge on any atom is -0.311 e. The molecule has 5 heteroatoms.